The molecule has 0 heterocycles. The zero-order valence-corrected chi connectivity index (χ0v) is 8.72. The Morgan fingerprint density at radius 3 is 1.91 bits per heavy atom. The Labute approximate surface area is 71.8 Å². The van der Waals surface area contributed by atoms with E-state index in [4.69, 9.17) is 0 Å². The Balaban J connectivity index is 3.68. The van der Waals surface area contributed by atoms with Crippen molar-refractivity contribution in [2.75, 3.05) is 14.1 Å². The monoisotopic (exact) mass is 157 g/mol. The Kier molecular flexibility index (Phi) is 5.57. The molecule has 0 aromatic rings. The minimum Gasteiger partial charge on any atom is -0.306 e. The lowest BCUT2D eigenvalue weighted by Gasteiger charge is -2.25. The normalized spacial score (nSPS) is 16.9. The second-order valence-electron chi connectivity index (χ2n) is 3.77. The van der Waals surface area contributed by atoms with Crippen LogP contribution in [0.3, 0.4) is 0 Å². The molecule has 2 unspecified atom stereocenters. The van der Waals surface area contributed by atoms with Crippen molar-refractivity contribution in [2.24, 2.45) is 5.92 Å². The van der Waals surface area contributed by atoms with Crippen LogP contribution in [-0.2, 0) is 0 Å². The van der Waals surface area contributed by atoms with Gasteiger partial charge in [-0.2, -0.15) is 0 Å². The molecular formula is C10H23N. The molecule has 0 saturated carbocycles. The second kappa shape index (κ2) is 5.59. The van der Waals surface area contributed by atoms with E-state index in [1.165, 1.54) is 19.3 Å². The van der Waals surface area contributed by atoms with Gasteiger partial charge in [-0.1, -0.05) is 27.2 Å². The first-order valence-corrected chi connectivity index (χ1v) is 4.78. The van der Waals surface area contributed by atoms with E-state index in [2.05, 4.69) is 39.8 Å². The van der Waals surface area contributed by atoms with Gasteiger partial charge >= 0.3 is 0 Å². The van der Waals surface area contributed by atoms with E-state index in [0.29, 0.717) is 0 Å². The number of rotatable bonds is 5. The molecule has 0 bridgehead atoms. The first-order chi connectivity index (χ1) is 5.11. The van der Waals surface area contributed by atoms with E-state index in [1.54, 1.807) is 0 Å². The van der Waals surface area contributed by atoms with Gasteiger partial charge in [-0.3, -0.25) is 0 Å². The van der Waals surface area contributed by atoms with Crippen LogP contribution in [-0.4, -0.2) is 25.0 Å². The van der Waals surface area contributed by atoms with Gasteiger partial charge in [0.05, 0.1) is 0 Å². The van der Waals surface area contributed by atoms with Gasteiger partial charge in [0.15, 0.2) is 0 Å². The molecule has 2 atom stereocenters. The highest BCUT2D eigenvalue weighted by molar-refractivity contribution is 4.66. The molecule has 0 radical (unpaired) electrons. The third kappa shape index (κ3) is 4.41. The maximum Gasteiger partial charge on any atom is 0.00890 e. The highest BCUT2D eigenvalue weighted by Crippen LogP contribution is 2.14. The summed E-state index contributed by atoms with van der Waals surface area (Å²) in [5.41, 5.74) is 0. The summed E-state index contributed by atoms with van der Waals surface area (Å²) in [6.07, 6.45) is 3.93. The first kappa shape index (κ1) is 11.0. The molecule has 0 fully saturated rings. The minimum atomic E-state index is 0.782. The summed E-state index contributed by atoms with van der Waals surface area (Å²) in [6.45, 7) is 6.88. The van der Waals surface area contributed by atoms with Gasteiger partial charge in [0.1, 0.15) is 0 Å². The van der Waals surface area contributed by atoms with Gasteiger partial charge in [-0.15, -0.1) is 0 Å². The molecule has 1 nitrogen and oxygen atoms in total. The standard InChI is InChI=1S/C10H23N/c1-6-9(3)8-10(7-2)11(4)5/h9-10H,6-8H2,1-5H3. The lowest BCUT2D eigenvalue weighted by atomic mass is 9.97. The third-order valence-electron chi connectivity index (χ3n) is 2.57. The Bertz CT molecular complexity index is 88.9. The van der Waals surface area contributed by atoms with Crippen LogP contribution in [0.15, 0.2) is 0 Å². The van der Waals surface area contributed by atoms with Crippen LogP contribution < -0.4 is 0 Å². The van der Waals surface area contributed by atoms with Gasteiger partial charge in [-0.05, 0) is 32.9 Å². The molecule has 0 aromatic carbocycles. The van der Waals surface area contributed by atoms with Gasteiger partial charge in [0.25, 0.3) is 0 Å². The van der Waals surface area contributed by atoms with Crippen molar-refractivity contribution >= 4 is 0 Å². The average molecular weight is 157 g/mol. The van der Waals surface area contributed by atoms with E-state index in [-0.39, 0.29) is 0 Å². The third-order valence-corrected chi connectivity index (χ3v) is 2.57. The number of hydrogen-bond donors (Lipinski definition) is 0. The van der Waals surface area contributed by atoms with Gasteiger partial charge < -0.3 is 4.90 Å². The Morgan fingerprint density at radius 2 is 1.64 bits per heavy atom. The molecule has 0 aliphatic heterocycles. The lowest BCUT2D eigenvalue weighted by Crippen LogP contribution is -2.28. The molecule has 0 saturated heterocycles. The van der Waals surface area contributed by atoms with Gasteiger partial charge in [-0.25, -0.2) is 0 Å². The fourth-order valence-electron chi connectivity index (χ4n) is 1.37. The maximum atomic E-state index is 2.34. The van der Waals surface area contributed by atoms with Gasteiger partial charge in [0.2, 0.25) is 0 Å². The molecule has 0 amide bonds. The molecule has 0 rings (SSSR count). The van der Waals surface area contributed by atoms with E-state index >= 15 is 0 Å². The average Bonchev–Trinajstić information content (AvgIpc) is 1.99. The molecule has 0 aromatic heterocycles. The SMILES string of the molecule is CCC(C)CC(CC)N(C)C. The molecular weight excluding hydrogens is 134 g/mol. The summed E-state index contributed by atoms with van der Waals surface area (Å²) in [5, 5.41) is 0. The molecule has 0 aliphatic rings. The molecule has 11 heavy (non-hydrogen) atoms. The zero-order valence-electron chi connectivity index (χ0n) is 8.72. The van der Waals surface area contributed by atoms with E-state index in [9.17, 15) is 0 Å². The number of hydrogen-bond acceptors (Lipinski definition) is 1. The van der Waals surface area contributed by atoms with Crippen LogP contribution in [0.1, 0.15) is 40.0 Å². The number of nitrogens with zero attached hydrogens (tertiary/aromatic N) is 1. The van der Waals surface area contributed by atoms with E-state index < -0.39 is 0 Å². The quantitative estimate of drug-likeness (QED) is 0.593. The summed E-state index contributed by atoms with van der Waals surface area (Å²) < 4.78 is 0. The molecule has 0 spiro atoms. The summed E-state index contributed by atoms with van der Waals surface area (Å²) in [7, 11) is 4.35. The fraction of sp³-hybridized carbons (Fsp3) is 1.00. The summed E-state index contributed by atoms with van der Waals surface area (Å²) in [4.78, 5) is 2.34. The van der Waals surface area contributed by atoms with Crippen LogP contribution in [0.25, 0.3) is 0 Å². The maximum absolute atomic E-state index is 2.34. The van der Waals surface area contributed by atoms with Crippen LogP contribution >= 0.6 is 0 Å². The van der Waals surface area contributed by atoms with Crippen LogP contribution in [0.5, 0.6) is 0 Å². The van der Waals surface area contributed by atoms with E-state index in [0.717, 1.165) is 12.0 Å². The lowest BCUT2D eigenvalue weighted by molar-refractivity contribution is 0.241. The zero-order chi connectivity index (χ0) is 8.85. The van der Waals surface area contributed by atoms with Crippen molar-refractivity contribution in [3.05, 3.63) is 0 Å². The Hall–Kier alpha value is -0.0400. The first-order valence-electron chi connectivity index (χ1n) is 4.78. The minimum absolute atomic E-state index is 0.782. The van der Waals surface area contributed by atoms with Crippen molar-refractivity contribution in [1.82, 2.24) is 4.90 Å². The summed E-state index contributed by atoms with van der Waals surface area (Å²) in [6, 6.07) is 0.782. The molecule has 0 N–H and O–H groups in total. The van der Waals surface area contributed by atoms with Crippen molar-refractivity contribution in [3.8, 4) is 0 Å². The highest BCUT2D eigenvalue weighted by atomic mass is 15.1. The van der Waals surface area contributed by atoms with Crippen molar-refractivity contribution in [2.45, 2.75) is 46.1 Å². The summed E-state index contributed by atoms with van der Waals surface area (Å²) in [5.74, 6) is 0.877. The summed E-state index contributed by atoms with van der Waals surface area (Å²) >= 11 is 0. The largest absolute Gasteiger partial charge is 0.306 e. The second-order valence-corrected chi connectivity index (χ2v) is 3.77. The van der Waals surface area contributed by atoms with Crippen molar-refractivity contribution in [1.29, 1.82) is 0 Å². The van der Waals surface area contributed by atoms with Crippen LogP contribution in [0, 0.1) is 5.92 Å². The van der Waals surface area contributed by atoms with Crippen molar-refractivity contribution in [3.63, 3.8) is 0 Å². The van der Waals surface area contributed by atoms with E-state index in [1.807, 2.05) is 0 Å². The van der Waals surface area contributed by atoms with Gasteiger partial charge in [0, 0.05) is 6.04 Å². The predicted octanol–water partition coefficient (Wildman–Crippen LogP) is 2.76. The molecule has 1 heteroatoms. The topological polar surface area (TPSA) is 3.24 Å². The predicted molar refractivity (Wildman–Crippen MR) is 51.8 cm³/mol. The highest BCUT2D eigenvalue weighted by Gasteiger charge is 2.11. The van der Waals surface area contributed by atoms with Crippen LogP contribution in [0.2, 0.25) is 0 Å². The smallest absolute Gasteiger partial charge is 0.00890 e. The van der Waals surface area contributed by atoms with Crippen molar-refractivity contribution < 1.29 is 0 Å². The Morgan fingerprint density at radius 1 is 1.09 bits per heavy atom. The van der Waals surface area contributed by atoms with Crippen LogP contribution in [0.4, 0.5) is 0 Å². The molecule has 68 valence electrons. The molecule has 0 aliphatic carbocycles. The fourth-order valence-corrected chi connectivity index (χ4v) is 1.37.